The Morgan fingerprint density at radius 2 is 0.958 bits per heavy atom. The second kappa shape index (κ2) is 15.5. The van der Waals surface area contributed by atoms with Gasteiger partial charge in [0.05, 0.1) is 6.26 Å². The summed E-state index contributed by atoms with van der Waals surface area (Å²) in [5, 5.41) is 3.64. The summed E-state index contributed by atoms with van der Waals surface area (Å²) < 4.78 is 9.48. The van der Waals surface area contributed by atoms with Gasteiger partial charge in [-0.25, -0.2) is 0 Å². The lowest BCUT2D eigenvalue weighted by molar-refractivity contribution is 0.569. The van der Waals surface area contributed by atoms with Crippen LogP contribution in [0.3, 0.4) is 0 Å². The van der Waals surface area contributed by atoms with Crippen molar-refractivity contribution in [1.82, 2.24) is 4.48 Å². The van der Waals surface area contributed by atoms with Gasteiger partial charge in [0.2, 0.25) is 0 Å². The minimum Gasteiger partial charge on any atom is -0.464 e. The molecule has 3 nitrogen and oxygen atoms in total. The molecule has 12 rings (SSSR count). The maximum Gasteiger partial charge on any atom is 0.333 e. The number of rotatable bonds is 4. The lowest BCUT2D eigenvalue weighted by Gasteiger charge is -2.41. The quantitative estimate of drug-likeness (QED) is 0.164. The molecule has 10 aromatic rings. The SMILES string of the molecule is Cc1cc(C)c(-c2ccc3c(c2)N(c2cc(C(C)(C)C)cc(C(C)(C)C)c2)c2cc4ccoc4c4c2B3n2c3ccc(-c5c(C)cc(C)cc5C)cc3c3cc(-c5c(C)cc(C)cc5C)cc-4c32)c(C)c1. The van der Waals surface area contributed by atoms with Gasteiger partial charge >= 0.3 is 6.85 Å². The topological polar surface area (TPSA) is 21.3 Å². The molecule has 0 spiro atoms. The summed E-state index contributed by atoms with van der Waals surface area (Å²) in [7, 11) is 0. The molecule has 0 unspecified atom stereocenters. The van der Waals surface area contributed by atoms with E-state index in [9.17, 15) is 0 Å². The number of aromatic nitrogens is 1. The highest BCUT2D eigenvalue weighted by Gasteiger charge is 2.45. The van der Waals surface area contributed by atoms with Gasteiger partial charge in [-0.1, -0.05) is 119 Å². The van der Waals surface area contributed by atoms with Gasteiger partial charge in [0.25, 0.3) is 0 Å². The van der Waals surface area contributed by atoms with Crippen LogP contribution >= 0.6 is 0 Å². The van der Waals surface area contributed by atoms with Crippen LogP contribution in [-0.4, -0.2) is 11.3 Å². The Morgan fingerprint density at radius 1 is 0.451 bits per heavy atom. The predicted molar refractivity (Wildman–Crippen MR) is 306 cm³/mol. The smallest absolute Gasteiger partial charge is 0.333 e. The Kier molecular flexibility index (Phi) is 9.84. The van der Waals surface area contributed by atoms with Crippen LogP contribution in [0.5, 0.6) is 0 Å². The van der Waals surface area contributed by atoms with Crippen LogP contribution in [0, 0.1) is 62.3 Å². The zero-order chi connectivity index (χ0) is 49.9. The Balaban J connectivity index is 1.26. The Hall–Kier alpha value is -7.04. The van der Waals surface area contributed by atoms with E-state index in [1.165, 1.54) is 155 Å². The molecule has 8 aromatic carbocycles. The van der Waals surface area contributed by atoms with Crippen LogP contribution in [-0.2, 0) is 10.8 Å². The summed E-state index contributed by atoms with van der Waals surface area (Å²) in [6, 6.07) is 45.7. The van der Waals surface area contributed by atoms with Crippen LogP contribution < -0.4 is 15.8 Å². The van der Waals surface area contributed by atoms with E-state index in [1.54, 1.807) is 0 Å². The van der Waals surface area contributed by atoms with Crippen molar-refractivity contribution < 1.29 is 4.42 Å². The molecule has 4 heteroatoms. The second-order valence-electron chi connectivity index (χ2n) is 23.6. The zero-order valence-electron chi connectivity index (χ0n) is 44.4. The van der Waals surface area contributed by atoms with Crippen LogP contribution in [0.15, 0.2) is 126 Å². The summed E-state index contributed by atoms with van der Waals surface area (Å²) in [5.74, 6) is 0. The molecular formula is C67H65BN2O. The first-order valence-electron chi connectivity index (χ1n) is 25.7. The van der Waals surface area contributed by atoms with Gasteiger partial charge in [-0.15, -0.1) is 0 Å². The van der Waals surface area contributed by atoms with Crippen molar-refractivity contribution in [2.75, 3.05) is 4.90 Å². The molecule has 0 atom stereocenters. The molecule has 0 N–H and O–H groups in total. The van der Waals surface area contributed by atoms with Gasteiger partial charge in [-0.3, -0.25) is 0 Å². The lowest BCUT2D eigenvalue weighted by Crippen LogP contribution is -2.56. The largest absolute Gasteiger partial charge is 0.464 e. The summed E-state index contributed by atoms with van der Waals surface area (Å²) in [6.45, 7) is 34.2. The number of aryl methyl sites for hydroxylation is 9. The number of hydrogen-bond acceptors (Lipinski definition) is 2. The molecule has 0 saturated heterocycles. The number of fused-ring (bicyclic) bond motifs is 9. The molecular weight excluding hydrogens is 860 g/mol. The molecule has 71 heavy (non-hydrogen) atoms. The number of benzene rings is 8. The van der Waals surface area contributed by atoms with E-state index in [1.807, 2.05) is 6.26 Å². The fourth-order valence-corrected chi connectivity index (χ4v) is 13.2. The molecule has 0 radical (unpaired) electrons. The van der Waals surface area contributed by atoms with Gasteiger partial charge in [0, 0.05) is 55.4 Å². The third kappa shape index (κ3) is 6.84. The monoisotopic (exact) mass is 925 g/mol. The van der Waals surface area contributed by atoms with Gasteiger partial charge in [0.1, 0.15) is 5.58 Å². The fraction of sp³-hybridized carbons (Fsp3) is 0.254. The first-order chi connectivity index (χ1) is 33.7. The third-order valence-electron chi connectivity index (χ3n) is 16.1. The van der Waals surface area contributed by atoms with Gasteiger partial charge in [-0.2, -0.15) is 0 Å². The van der Waals surface area contributed by atoms with E-state index in [0.717, 1.165) is 11.0 Å². The molecule has 0 amide bonds. The molecule has 0 aliphatic carbocycles. The first-order valence-corrected chi connectivity index (χ1v) is 25.7. The van der Waals surface area contributed by atoms with Gasteiger partial charge < -0.3 is 13.8 Å². The van der Waals surface area contributed by atoms with Gasteiger partial charge in [0.15, 0.2) is 0 Å². The normalized spacial score (nSPS) is 13.2. The maximum atomic E-state index is 6.77. The fourth-order valence-electron chi connectivity index (χ4n) is 13.2. The Labute approximate surface area is 421 Å². The summed E-state index contributed by atoms with van der Waals surface area (Å²) in [6.07, 6.45) is 1.90. The van der Waals surface area contributed by atoms with Crippen molar-refractivity contribution in [1.29, 1.82) is 0 Å². The van der Waals surface area contributed by atoms with Crippen molar-refractivity contribution >= 4 is 67.6 Å². The van der Waals surface area contributed by atoms with E-state index in [2.05, 4.69) is 228 Å². The average Bonchev–Trinajstić information content (AvgIpc) is 3.88. The standard InChI is InChI=1S/C67H65BN2O/c1-36-22-39(4)59(40(5)23-36)45-17-19-56-52(28-45)53-29-48(61-43(8)26-38(3)27-44(61)9)30-54-62-63-58(32-47-20-21-71-65(47)62)69(51-34-49(66(10,11)12)33-50(35-51)67(13,14)15)57-31-46(60-41(6)24-37(2)25-42(60)7)16-18-55(57)68(63)70(56)64(53)54/h16-35H,1-15H3. The highest BCUT2D eigenvalue weighted by Crippen LogP contribution is 2.51. The average molecular weight is 925 g/mol. The minimum absolute atomic E-state index is 0.0746. The summed E-state index contributed by atoms with van der Waals surface area (Å²) >= 11 is 0. The van der Waals surface area contributed by atoms with Crippen LogP contribution in [0.2, 0.25) is 0 Å². The minimum atomic E-state index is -0.141. The van der Waals surface area contributed by atoms with Crippen molar-refractivity contribution in [2.45, 2.75) is 115 Å². The predicted octanol–water partition coefficient (Wildman–Crippen LogP) is 17.3. The Morgan fingerprint density at radius 3 is 1.51 bits per heavy atom. The number of nitrogens with zero attached hydrogens (tertiary/aromatic N) is 2. The van der Waals surface area contributed by atoms with Crippen LogP contribution in [0.1, 0.15) is 103 Å². The lowest BCUT2D eigenvalue weighted by atomic mass is 9.45. The molecule has 0 saturated carbocycles. The molecule has 2 aromatic heterocycles. The van der Waals surface area contributed by atoms with Crippen molar-refractivity contribution in [3.8, 4) is 44.5 Å². The molecule has 2 aliphatic rings. The van der Waals surface area contributed by atoms with Crippen molar-refractivity contribution in [2.24, 2.45) is 0 Å². The van der Waals surface area contributed by atoms with E-state index >= 15 is 0 Å². The van der Waals surface area contributed by atoms with Crippen LogP contribution in [0.25, 0.3) is 77.3 Å². The first kappa shape index (κ1) is 45.1. The summed E-state index contributed by atoms with van der Waals surface area (Å²) in [4.78, 5) is 2.62. The number of hydrogen-bond donors (Lipinski definition) is 0. The second-order valence-corrected chi connectivity index (χ2v) is 23.6. The Bertz CT molecular complexity index is 3850. The number of anilines is 3. The number of furan rings is 1. The van der Waals surface area contributed by atoms with E-state index in [-0.39, 0.29) is 17.7 Å². The molecule has 0 bridgehead atoms. The van der Waals surface area contributed by atoms with E-state index < -0.39 is 0 Å². The zero-order valence-corrected chi connectivity index (χ0v) is 44.4. The van der Waals surface area contributed by atoms with E-state index in [0.29, 0.717) is 0 Å². The molecule has 352 valence electrons. The molecule has 0 fully saturated rings. The molecule has 4 heterocycles. The van der Waals surface area contributed by atoms with Crippen molar-refractivity contribution in [3.63, 3.8) is 0 Å². The van der Waals surface area contributed by atoms with Gasteiger partial charge in [-0.05, 0) is 217 Å². The highest BCUT2D eigenvalue weighted by molar-refractivity contribution is 6.90. The highest BCUT2D eigenvalue weighted by atomic mass is 16.3. The van der Waals surface area contributed by atoms with Crippen LogP contribution in [0.4, 0.5) is 17.1 Å². The third-order valence-corrected chi connectivity index (χ3v) is 16.1. The van der Waals surface area contributed by atoms with E-state index in [4.69, 9.17) is 4.42 Å². The summed E-state index contributed by atoms with van der Waals surface area (Å²) in [5.41, 5.74) is 33.8. The molecule has 2 aliphatic heterocycles. The van der Waals surface area contributed by atoms with Crippen molar-refractivity contribution in [3.05, 3.63) is 183 Å². The maximum absolute atomic E-state index is 6.77.